The summed E-state index contributed by atoms with van der Waals surface area (Å²) < 4.78 is 13.1. The summed E-state index contributed by atoms with van der Waals surface area (Å²) in [5, 5.41) is 9.15. The van der Waals surface area contributed by atoms with E-state index in [1.807, 2.05) is 26.8 Å². The molecule has 1 aromatic carbocycles. The van der Waals surface area contributed by atoms with Crippen molar-refractivity contribution >= 4 is 11.9 Å². The maximum absolute atomic E-state index is 13.1. The third kappa shape index (κ3) is 8.80. The maximum Gasteiger partial charge on any atom is 0.222 e. The lowest BCUT2D eigenvalue weighted by molar-refractivity contribution is -0.121. The highest BCUT2D eigenvalue weighted by Gasteiger charge is 2.03. The first-order chi connectivity index (χ1) is 11.0. The molecule has 1 amide bonds. The van der Waals surface area contributed by atoms with E-state index in [4.69, 9.17) is 0 Å². The molecular formula is C17H27FN4O. The van der Waals surface area contributed by atoms with Crippen molar-refractivity contribution in [1.82, 2.24) is 16.0 Å². The van der Waals surface area contributed by atoms with E-state index in [9.17, 15) is 9.18 Å². The zero-order valence-corrected chi connectivity index (χ0v) is 14.2. The Morgan fingerprint density at radius 1 is 1.30 bits per heavy atom. The quantitative estimate of drug-likeness (QED) is 0.505. The molecule has 23 heavy (non-hydrogen) atoms. The van der Waals surface area contributed by atoms with E-state index >= 15 is 0 Å². The standard InChI is InChI=1S/C17H27FN4O/c1-4-19-17(21-11-9-16(23)22-13(2)3)20-10-8-14-6-5-7-15(18)12-14/h5-7,12-13H,4,8-11H2,1-3H3,(H,22,23)(H2,19,20,21). The predicted molar refractivity (Wildman–Crippen MR) is 92.0 cm³/mol. The Labute approximate surface area is 137 Å². The summed E-state index contributed by atoms with van der Waals surface area (Å²) in [4.78, 5) is 15.9. The molecule has 0 aromatic heterocycles. The molecule has 0 aliphatic rings. The number of carbonyl (C=O) groups excluding carboxylic acids is 1. The van der Waals surface area contributed by atoms with E-state index in [1.165, 1.54) is 12.1 Å². The number of amides is 1. The van der Waals surface area contributed by atoms with Gasteiger partial charge in [0, 0.05) is 25.6 Å². The molecular weight excluding hydrogens is 295 g/mol. The van der Waals surface area contributed by atoms with Crippen LogP contribution in [0.1, 0.15) is 32.8 Å². The van der Waals surface area contributed by atoms with Crippen LogP contribution in [0, 0.1) is 5.82 Å². The van der Waals surface area contributed by atoms with Gasteiger partial charge in [-0.2, -0.15) is 0 Å². The summed E-state index contributed by atoms with van der Waals surface area (Å²) in [6, 6.07) is 6.71. The normalized spacial score (nSPS) is 11.4. The molecule has 6 heteroatoms. The zero-order chi connectivity index (χ0) is 17.1. The van der Waals surface area contributed by atoms with Crippen LogP contribution in [0.3, 0.4) is 0 Å². The zero-order valence-electron chi connectivity index (χ0n) is 14.2. The molecule has 0 aliphatic carbocycles. The highest BCUT2D eigenvalue weighted by Crippen LogP contribution is 2.03. The Kier molecular flexibility index (Phi) is 8.72. The van der Waals surface area contributed by atoms with Gasteiger partial charge in [0.25, 0.3) is 0 Å². The first-order valence-electron chi connectivity index (χ1n) is 8.07. The van der Waals surface area contributed by atoms with Crippen molar-refractivity contribution in [3.05, 3.63) is 35.6 Å². The van der Waals surface area contributed by atoms with Gasteiger partial charge in [0.05, 0.1) is 6.54 Å². The Morgan fingerprint density at radius 2 is 2.09 bits per heavy atom. The third-order valence-electron chi connectivity index (χ3n) is 3.00. The van der Waals surface area contributed by atoms with E-state index in [0.29, 0.717) is 31.9 Å². The number of nitrogens with one attached hydrogen (secondary N) is 3. The van der Waals surface area contributed by atoms with Crippen LogP contribution in [0.15, 0.2) is 29.3 Å². The average Bonchev–Trinajstić information content (AvgIpc) is 2.46. The minimum atomic E-state index is -0.223. The van der Waals surface area contributed by atoms with Gasteiger partial charge in [-0.15, -0.1) is 0 Å². The molecule has 1 aromatic rings. The van der Waals surface area contributed by atoms with Gasteiger partial charge in [-0.3, -0.25) is 9.79 Å². The topological polar surface area (TPSA) is 65.5 Å². The van der Waals surface area contributed by atoms with Crippen molar-refractivity contribution in [3.63, 3.8) is 0 Å². The van der Waals surface area contributed by atoms with Crippen molar-refractivity contribution in [2.24, 2.45) is 4.99 Å². The number of hydrogen-bond donors (Lipinski definition) is 3. The van der Waals surface area contributed by atoms with Crippen LogP contribution in [0.25, 0.3) is 0 Å². The molecule has 0 spiro atoms. The number of guanidine groups is 1. The highest BCUT2D eigenvalue weighted by molar-refractivity contribution is 5.80. The fourth-order valence-corrected chi connectivity index (χ4v) is 2.02. The van der Waals surface area contributed by atoms with Gasteiger partial charge < -0.3 is 16.0 Å². The van der Waals surface area contributed by atoms with Crippen LogP contribution in [0.5, 0.6) is 0 Å². The summed E-state index contributed by atoms with van der Waals surface area (Å²) >= 11 is 0. The number of nitrogens with zero attached hydrogens (tertiary/aromatic N) is 1. The van der Waals surface area contributed by atoms with Crippen molar-refractivity contribution in [1.29, 1.82) is 0 Å². The van der Waals surface area contributed by atoms with Gasteiger partial charge in [0.1, 0.15) is 5.82 Å². The van der Waals surface area contributed by atoms with Gasteiger partial charge in [0.2, 0.25) is 5.91 Å². The molecule has 0 fully saturated rings. The molecule has 0 radical (unpaired) electrons. The van der Waals surface area contributed by atoms with Gasteiger partial charge in [-0.1, -0.05) is 12.1 Å². The molecule has 0 saturated heterocycles. The first-order valence-corrected chi connectivity index (χ1v) is 8.07. The molecule has 3 N–H and O–H groups in total. The second kappa shape index (κ2) is 10.6. The molecule has 0 heterocycles. The van der Waals surface area contributed by atoms with Gasteiger partial charge in [0.15, 0.2) is 5.96 Å². The predicted octanol–water partition coefficient (Wildman–Crippen LogP) is 1.84. The molecule has 0 unspecified atom stereocenters. The highest BCUT2D eigenvalue weighted by atomic mass is 19.1. The first kappa shape index (κ1) is 18.9. The van der Waals surface area contributed by atoms with Gasteiger partial charge in [-0.25, -0.2) is 4.39 Å². The molecule has 0 atom stereocenters. The van der Waals surface area contributed by atoms with Crippen LogP contribution in [0.4, 0.5) is 4.39 Å². The number of rotatable bonds is 8. The van der Waals surface area contributed by atoms with E-state index in [2.05, 4.69) is 20.9 Å². The summed E-state index contributed by atoms with van der Waals surface area (Å²) in [7, 11) is 0. The number of carbonyl (C=O) groups is 1. The molecule has 128 valence electrons. The van der Waals surface area contributed by atoms with E-state index in [-0.39, 0.29) is 17.8 Å². The number of aliphatic imine (C=N–C) groups is 1. The van der Waals surface area contributed by atoms with E-state index < -0.39 is 0 Å². The number of halogens is 1. The third-order valence-corrected chi connectivity index (χ3v) is 3.00. The monoisotopic (exact) mass is 322 g/mol. The molecule has 0 saturated carbocycles. The SMILES string of the molecule is CCNC(=NCCC(=O)NC(C)C)NCCc1cccc(F)c1. The number of benzene rings is 1. The second-order valence-corrected chi connectivity index (χ2v) is 5.54. The fourth-order valence-electron chi connectivity index (χ4n) is 2.02. The van der Waals surface area contributed by atoms with Crippen LogP contribution in [-0.2, 0) is 11.2 Å². The van der Waals surface area contributed by atoms with Crippen LogP contribution in [0.2, 0.25) is 0 Å². The lowest BCUT2D eigenvalue weighted by atomic mass is 10.1. The molecule has 1 rings (SSSR count). The van der Waals surface area contributed by atoms with E-state index in [1.54, 1.807) is 6.07 Å². The Hall–Kier alpha value is -2.11. The van der Waals surface area contributed by atoms with Crippen molar-refractivity contribution in [2.75, 3.05) is 19.6 Å². The molecule has 5 nitrogen and oxygen atoms in total. The van der Waals surface area contributed by atoms with Crippen LogP contribution >= 0.6 is 0 Å². The fraction of sp³-hybridized carbons (Fsp3) is 0.529. The minimum absolute atomic E-state index is 0.000593. The lowest BCUT2D eigenvalue weighted by Crippen LogP contribution is -2.38. The van der Waals surface area contributed by atoms with Crippen molar-refractivity contribution < 1.29 is 9.18 Å². The minimum Gasteiger partial charge on any atom is -0.357 e. The van der Waals surface area contributed by atoms with Gasteiger partial charge >= 0.3 is 0 Å². The smallest absolute Gasteiger partial charge is 0.222 e. The van der Waals surface area contributed by atoms with Crippen molar-refractivity contribution in [3.8, 4) is 0 Å². The largest absolute Gasteiger partial charge is 0.357 e. The summed E-state index contributed by atoms with van der Waals surface area (Å²) in [5.41, 5.74) is 0.935. The molecule has 0 aliphatic heterocycles. The summed E-state index contributed by atoms with van der Waals surface area (Å²) in [5.74, 6) is 0.444. The summed E-state index contributed by atoms with van der Waals surface area (Å²) in [6.45, 7) is 7.65. The van der Waals surface area contributed by atoms with Crippen LogP contribution in [-0.4, -0.2) is 37.5 Å². The Morgan fingerprint density at radius 3 is 2.74 bits per heavy atom. The lowest BCUT2D eigenvalue weighted by Gasteiger charge is -2.12. The van der Waals surface area contributed by atoms with Crippen molar-refractivity contribution in [2.45, 2.75) is 39.7 Å². The molecule has 0 bridgehead atoms. The Bertz CT molecular complexity index is 517. The van der Waals surface area contributed by atoms with E-state index in [0.717, 1.165) is 12.1 Å². The average molecular weight is 322 g/mol. The van der Waals surface area contributed by atoms with Gasteiger partial charge in [-0.05, 0) is 44.9 Å². The number of hydrogen-bond acceptors (Lipinski definition) is 2. The Balaban J connectivity index is 2.38. The second-order valence-electron chi connectivity index (χ2n) is 5.54. The summed E-state index contributed by atoms with van der Waals surface area (Å²) in [6.07, 6.45) is 1.06. The van der Waals surface area contributed by atoms with Crippen LogP contribution < -0.4 is 16.0 Å². The maximum atomic E-state index is 13.1.